The Balaban J connectivity index is 2.17. The van der Waals surface area contributed by atoms with Crippen LogP contribution >= 0.6 is 0 Å². The summed E-state index contributed by atoms with van der Waals surface area (Å²) >= 11 is 0. The minimum atomic E-state index is -0.745. The van der Waals surface area contributed by atoms with Crippen LogP contribution in [-0.4, -0.2) is 28.5 Å². The van der Waals surface area contributed by atoms with E-state index in [0.29, 0.717) is 12.2 Å². The van der Waals surface area contributed by atoms with Crippen molar-refractivity contribution in [3.05, 3.63) is 23.9 Å². The Morgan fingerprint density at radius 3 is 2.63 bits per heavy atom. The number of pyridine rings is 1. The smallest absolute Gasteiger partial charge is 0.303 e. The molecule has 6 heteroatoms. The van der Waals surface area contributed by atoms with Crippen molar-refractivity contribution < 1.29 is 14.7 Å². The van der Waals surface area contributed by atoms with Crippen LogP contribution in [0, 0.1) is 0 Å². The number of rotatable bonds is 9. The lowest BCUT2D eigenvalue weighted by molar-refractivity contribution is -0.137. The summed E-state index contributed by atoms with van der Waals surface area (Å²) in [5.74, 6) is -0.662. The standard InChI is InChI=1S/C13H19N3O3/c14-13(19)10-6-5-7-11(16-10)15-9-4-2-1-3-8-12(17)18/h5-7H,1-4,8-9H2,(H2,14,19)(H,15,16)(H,17,18). The van der Waals surface area contributed by atoms with Crippen molar-refractivity contribution in [3.8, 4) is 0 Å². The highest BCUT2D eigenvalue weighted by molar-refractivity contribution is 5.91. The number of carboxylic acid groups (broad SMARTS) is 1. The minimum Gasteiger partial charge on any atom is -0.481 e. The number of aromatic nitrogens is 1. The third kappa shape index (κ3) is 6.40. The molecule has 0 atom stereocenters. The highest BCUT2D eigenvalue weighted by Crippen LogP contribution is 2.06. The molecule has 0 aliphatic carbocycles. The van der Waals surface area contributed by atoms with E-state index in [4.69, 9.17) is 10.8 Å². The van der Waals surface area contributed by atoms with E-state index in [2.05, 4.69) is 10.3 Å². The molecule has 0 saturated heterocycles. The fourth-order valence-electron chi connectivity index (χ4n) is 1.64. The van der Waals surface area contributed by atoms with Crippen LogP contribution in [-0.2, 0) is 4.79 Å². The lowest BCUT2D eigenvalue weighted by atomic mass is 10.1. The van der Waals surface area contributed by atoms with Crippen LogP contribution in [0.5, 0.6) is 0 Å². The average molecular weight is 265 g/mol. The third-order valence-corrected chi connectivity index (χ3v) is 2.63. The number of aliphatic carboxylic acids is 1. The molecule has 0 radical (unpaired) electrons. The maximum Gasteiger partial charge on any atom is 0.303 e. The first kappa shape index (κ1) is 14.9. The van der Waals surface area contributed by atoms with Gasteiger partial charge in [-0.3, -0.25) is 9.59 Å². The molecular formula is C13H19N3O3. The molecule has 104 valence electrons. The average Bonchev–Trinajstić information content (AvgIpc) is 2.37. The van der Waals surface area contributed by atoms with Gasteiger partial charge in [-0.25, -0.2) is 4.98 Å². The van der Waals surface area contributed by atoms with E-state index in [0.717, 1.165) is 25.8 Å². The Bertz CT molecular complexity index is 435. The van der Waals surface area contributed by atoms with E-state index in [1.807, 2.05) is 0 Å². The predicted molar refractivity (Wildman–Crippen MR) is 72.0 cm³/mol. The first-order chi connectivity index (χ1) is 9.09. The molecule has 19 heavy (non-hydrogen) atoms. The van der Waals surface area contributed by atoms with Crippen molar-refractivity contribution in [2.75, 3.05) is 11.9 Å². The summed E-state index contributed by atoms with van der Waals surface area (Å²) in [7, 11) is 0. The van der Waals surface area contributed by atoms with Crippen molar-refractivity contribution in [3.63, 3.8) is 0 Å². The quantitative estimate of drug-likeness (QED) is 0.588. The van der Waals surface area contributed by atoms with Gasteiger partial charge in [-0.15, -0.1) is 0 Å². The third-order valence-electron chi connectivity index (χ3n) is 2.63. The molecule has 0 aromatic carbocycles. The van der Waals surface area contributed by atoms with Gasteiger partial charge in [0.05, 0.1) is 0 Å². The summed E-state index contributed by atoms with van der Waals surface area (Å²) in [5, 5.41) is 11.6. The predicted octanol–water partition coefficient (Wildman–Crippen LogP) is 1.63. The molecule has 1 rings (SSSR count). The van der Waals surface area contributed by atoms with Gasteiger partial charge >= 0.3 is 5.97 Å². The number of anilines is 1. The lowest BCUT2D eigenvalue weighted by Gasteiger charge is -2.06. The van der Waals surface area contributed by atoms with Crippen molar-refractivity contribution >= 4 is 17.7 Å². The maximum absolute atomic E-state index is 10.9. The fourth-order valence-corrected chi connectivity index (χ4v) is 1.64. The van der Waals surface area contributed by atoms with E-state index < -0.39 is 11.9 Å². The second-order valence-corrected chi connectivity index (χ2v) is 4.26. The van der Waals surface area contributed by atoms with Gasteiger partial charge < -0.3 is 16.2 Å². The Hall–Kier alpha value is -2.11. The Morgan fingerprint density at radius 2 is 1.95 bits per heavy atom. The molecule has 0 aliphatic rings. The topological polar surface area (TPSA) is 105 Å². The molecule has 6 nitrogen and oxygen atoms in total. The number of carboxylic acids is 1. The highest BCUT2D eigenvalue weighted by atomic mass is 16.4. The summed E-state index contributed by atoms with van der Waals surface area (Å²) in [6, 6.07) is 5.07. The van der Waals surface area contributed by atoms with Gasteiger partial charge in [-0.1, -0.05) is 18.9 Å². The molecule has 0 bridgehead atoms. The number of unbranched alkanes of at least 4 members (excludes halogenated alkanes) is 3. The number of nitrogens with zero attached hydrogens (tertiary/aromatic N) is 1. The molecule has 4 N–H and O–H groups in total. The van der Waals surface area contributed by atoms with Crippen LogP contribution in [0.3, 0.4) is 0 Å². The molecule has 1 aromatic heterocycles. The molecule has 0 unspecified atom stereocenters. The highest BCUT2D eigenvalue weighted by Gasteiger charge is 2.02. The zero-order valence-corrected chi connectivity index (χ0v) is 10.8. The lowest BCUT2D eigenvalue weighted by Crippen LogP contribution is -2.14. The number of primary amides is 1. The van der Waals surface area contributed by atoms with Crippen LogP contribution in [0.2, 0.25) is 0 Å². The van der Waals surface area contributed by atoms with Gasteiger partial charge in [0.25, 0.3) is 5.91 Å². The summed E-state index contributed by atoms with van der Waals surface area (Å²) in [4.78, 5) is 25.3. The van der Waals surface area contributed by atoms with Crippen LogP contribution in [0.1, 0.15) is 42.6 Å². The molecular weight excluding hydrogens is 246 g/mol. The van der Waals surface area contributed by atoms with Crippen LogP contribution in [0.25, 0.3) is 0 Å². The van der Waals surface area contributed by atoms with E-state index >= 15 is 0 Å². The van der Waals surface area contributed by atoms with Gasteiger partial charge in [0, 0.05) is 13.0 Å². The van der Waals surface area contributed by atoms with E-state index in [9.17, 15) is 9.59 Å². The van der Waals surface area contributed by atoms with Gasteiger partial charge in [-0.05, 0) is 25.0 Å². The van der Waals surface area contributed by atoms with Crippen LogP contribution in [0.15, 0.2) is 18.2 Å². The summed E-state index contributed by atoms with van der Waals surface area (Å²) in [6.45, 7) is 0.738. The monoisotopic (exact) mass is 265 g/mol. The fraction of sp³-hybridized carbons (Fsp3) is 0.462. The number of carbonyl (C=O) groups is 2. The summed E-state index contributed by atoms with van der Waals surface area (Å²) in [5.41, 5.74) is 5.38. The number of hydrogen-bond donors (Lipinski definition) is 3. The molecule has 0 fully saturated rings. The van der Waals surface area contributed by atoms with E-state index in [1.165, 1.54) is 0 Å². The maximum atomic E-state index is 10.9. The second-order valence-electron chi connectivity index (χ2n) is 4.26. The number of carbonyl (C=O) groups excluding carboxylic acids is 1. The summed E-state index contributed by atoms with van der Waals surface area (Å²) in [6.07, 6.45) is 3.75. The summed E-state index contributed by atoms with van der Waals surface area (Å²) < 4.78 is 0. The molecule has 1 heterocycles. The normalized spacial score (nSPS) is 10.1. The number of hydrogen-bond acceptors (Lipinski definition) is 4. The van der Waals surface area contributed by atoms with Crippen LogP contribution in [0.4, 0.5) is 5.82 Å². The number of nitrogens with two attached hydrogens (primary N) is 1. The van der Waals surface area contributed by atoms with Crippen molar-refractivity contribution in [2.24, 2.45) is 5.73 Å². The Morgan fingerprint density at radius 1 is 1.21 bits per heavy atom. The zero-order chi connectivity index (χ0) is 14.1. The van der Waals surface area contributed by atoms with Gasteiger partial charge in [0.1, 0.15) is 11.5 Å². The van der Waals surface area contributed by atoms with Crippen molar-refractivity contribution in [1.82, 2.24) is 4.98 Å². The largest absolute Gasteiger partial charge is 0.481 e. The molecule has 1 aromatic rings. The minimum absolute atomic E-state index is 0.232. The Kier molecular flexibility index (Phi) is 6.35. The second kappa shape index (κ2) is 8.07. The molecule has 0 saturated carbocycles. The van der Waals surface area contributed by atoms with E-state index in [-0.39, 0.29) is 12.1 Å². The van der Waals surface area contributed by atoms with Crippen molar-refractivity contribution in [2.45, 2.75) is 32.1 Å². The molecule has 0 spiro atoms. The number of amides is 1. The van der Waals surface area contributed by atoms with Crippen molar-refractivity contribution in [1.29, 1.82) is 0 Å². The number of nitrogens with one attached hydrogen (secondary N) is 1. The first-order valence-corrected chi connectivity index (χ1v) is 6.32. The Labute approximate surface area is 112 Å². The zero-order valence-electron chi connectivity index (χ0n) is 10.8. The van der Waals surface area contributed by atoms with Crippen LogP contribution < -0.4 is 11.1 Å². The van der Waals surface area contributed by atoms with Gasteiger partial charge in [0.15, 0.2) is 0 Å². The van der Waals surface area contributed by atoms with Gasteiger partial charge in [0.2, 0.25) is 0 Å². The molecule has 0 aliphatic heterocycles. The first-order valence-electron chi connectivity index (χ1n) is 6.32. The SMILES string of the molecule is NC(=O)c1cccc(NCCCCCCC(=O)O)n1. The van der Waals surface area contributed by atoms with Gasteiger partial charge in [-0.2, -0.15) is 0 Å². The van der Waals surface area contributed by atoms with E-state index in [1.54, 1.807) is 18.2 Å². The molecule has 1 amide bonds.